The molecule has 0 heterocycles. The molecule has 1 unspecified atom stereocenters. The van der Waals surface area contributed by atoms with Crippen LogP contribution < -0.4 is 10.6 Å². The van der Waals surface area contributed by atoms with Crippen LogP contribution >= 0.6 is 0 Å². The predicted octanol–water partition coefficient (Wildman–Crippen LogP) is -0.0877. The van der Waals surface area contributed by atoms with E-state index in [1.807, 2.05) is 7.05 Å². The van der Waals surface area contributed by atoms with Gasteiger partial charge in [0.05, 0.1) is 0 Å². The van der Waals surface area contributed by atoms with Crippen LogP contribution in [0.1, 0.15) is 20.8 Å². The lowest BCUT2D eigenvalue weighted by molar-refractivity contribution is 0.0419. The van der Waals surface area contributed by atoms with Crippen molar-refractivity contribution < 1.29 is 5.11 Å². The van der Waals surface area contributed by atoms with Crippen molar-refractivity contribution in [2.75, 3.05) is 13.6 Å². The zero-order valence-corrected chi connectivity index (χ0v) is 7.23. The zero-order valence-electron chi connectivity index (χ0n) is 7.23. The molecule has 0 aliphatic heterocycles. The minimum Gasteiger partial charge on any atom is -0.376 e. The fraction of sp³-hybridized carbons (Fsp3) is 1.00. The second-order valence-corrected chi connectivity index (χ2v) is 3.13. The van der Waals surface area contributed by atoms with Gasteiger partial charge in [0.25, 0.3) is 0 Å². The highest BCUT2D eigenvalue weighted by molar-refractivity contribution is 4.67. The van der Waals surface area contributed by atoms with Crippen LogP contribution in [0.5, 0.6) is 0 Å². The highest BCUT2D eigenvalue weighted by Crippen LogP contribution is 1.93. The molecule has 0 aromatic carbocycles. The first-order chi connectivity index (χ1) is 4.45. The van der Waals surface area contributed by atoms with Gasteiger partial charge in [-0.25, -0.2) is 0 Å². The van der Waals surface area contributed by atoms with E-state index in [1.54, 1.807) is 13.8 Å². The molecule has 3 heteroatoms. The summed E-state index contributed by atoms with van der Waals surface area (Å²) in [6, 6.07) is 0.395. The van der Waals surface area contributed by atoms with Gasteiger partial charge in [0, 0.05) is 12.6 Å². The summed E-state index contributed by atoms with van der Waals surface area (Å²) in [5.41, 5.74) is -0.759. The minimum atomic E-state index is -0.759. The van der Waals surface area contributed by atoms with Crippen molar-refractivity contribution in [3.63, 3.8) is 0 Å². The third-order valence-corrected chi connectivity index (χ3v) is 1.33. The van der Waals surface area contributed by atoms with Gasteiger partial charge in [0.2, 0.25) is 0 Å². The molecule has 0 saturated carbocycles. The molecule has 62 valence electrons. The molecule has 0 bridgehead atoms. The number of hydrogen-bond donors (Lipinski definition) is 3. The molecule has 0 rings (SSSR count). The molecule has 0 aromatic rings. The van der Waals surface area contributed by atoms with Crippen LogP contribution in [0.4, 0.5) is 0 Å². The van der Waals surface area contributed by atoms with Crippen LogP contribution in [0.3, 0.4) is 0 Å². The second-order valence-electron chi connectivity index (χ2n) is 3.13. The van der Waals surface area contributed by atoms with Crippen LogP contribution in [0.15, 0.2) is 0 Å². The number of rotatable bonds is 4. The summed E-state index contributed by atoms with van der Waals surface area (Å²) in [5, 5.41) is 15.3. The molecule has 0 aliphatic carbocycles. The van der Waals surface area contributed by atoms with E-state index in [0.29, 0.717) is 6.04 Å². The smallest absolute Gasteiger partial charge is 0.110 e. The SMILES string of the molecule is CNC(C)CNC(C)(C)O. The topological polar surface area (TPSA) is 44.3 Å². The lowest BCUT2D eigenvalue weighted by Gasteiger charge is -2.21. The van der Waals surface area contributed by atoms with E-state index >= 15 is 0 Å². The first-order valence-corrected chi connectivity index (χ1v) is 3.60. The molecule has 0 spiro atoms. The van der Waals surface area contributed by atoms with Gasteiger partial charge >= 0.3 is 0 Å². The molecular weight excluding hydrogens is 128 g/mol. The van der Waals surface area contributed by atoms with Crippen LogP contribution in [0.2, 0.25) is 0 Å². The normalized spacial score (nSPS) is 15.3. The Morgan fingerprint density at radius 2 is 2.00 bits per heavy atom. The largest absolute Gasteiger partial charge is 0.376 e. The summed E-state index contributed by atoms with van der Waals surface area (Å²) in [5.74, 6) is 0. The summed E-state index contributed by atoms with van der Waals surface area (Å²) in [6.45, 7) is 6.30. The summed E-state index contributed by atoms with van der Waals surface area (Å²) >= 11 is 0. The summed E-state index contributed by atoms with van der Waals surface area (Å²) in [7, 11) is 1.90. The average Bonchev–Trinajstić information content (AvgIpc) is 1.81. The van der Waals surface area contributed by atoms with E-state index < -0.39 is 5.72 Å². The van der Waals surface area contributed by atoms with Crippen molar-refractivity contribution in [3.8, 4) is 0 Å². The highest BCUT2D eigenvalue weighted by atomic mass is 16.3. The Balaban J connectivity index is 3.36. The van der Waals surface area contributed by atoms with Gasteiger partial charge in [-0.15, -0.1) is 0 Å². The molecule has 0 radical (unpaired) electrons. The Morgan fingerprint density at radius 3 is 2.30 bits per heavy atom. The molecule has 0 saturated heterocycles. The minimum absolute atomic E-state index is 0.395. The zero-order chi connectivity index (χ0) is 8.20. The Labute approximate surface area is 62.8 Å². The number of nitrogens with one attached hydrogen (secondary N) is 2. The predicted molar refractivity (Wildman–Crippen MR) is 42.8 cm³/mol. The van der Waals surface area contributed by atoms with E-state index in [0.717, 1.165) is 6.54 Å². The van der Waals surface area contributed by atoms with Gasteiger partial charge < -0.3 is 10.4 Å². The maximum atomic E-state index is 9.22. The van der Waals surface area contributed by atoms with Crippen LogP contribution in [-0.2, 0) is 0 Å². The molecule has 3 N–H and O–H groups in total. The van der Waals surface area contributed by atoms with E-state index in [2.05, 4.69) is 17.6 Å². The van der Waals surface area contributed by atoms with Crippen molar-refractivity contribution in [1.82, 2.24) is 10.6 Å². The summed E-state index contributed by atoms with van der Waals surface area (Å²) in [6.07, 6.45) is 0. The molecule has 1 atom stereocenters. The molecule has 0 aliphatic rings. The van der Waals surface area contributed by atoms with Gasteiger partial charge in [-0.05, 0) is 27.8 Å². The maximum Gasteiger partial charge on any atom is 0.110 e. The fourth-order valence-electron chi connectivity index (χ4n) is 0.505. The highest BCUT2D eigenvalue weighted by Gasteiger charge is 2.11. The average molecular weight is 146 g/mol. The van der Waals surface area contributed by atoms with E-state index in [-0.39, 0.29) is 0 Å². The molecule has 10 heavy (non-hydrogen) atoms. The first-order valence-electron chi connectivity index (χ1n) is 3.60. The Hall–Kier alpha value is -0.120. The number of hydrogen-bond acceptors (Lipinski definition) is 3. The van der Waals surface area contributed by atoms with Crippen LogP contribution in [0, 0.1) is 0 Å². The Bertz CT molecular complexity index is 88.1. The fourth-order valence-corrected chi connectivity index (χ4v) is 0.505. The first kappa shape index (κ1) is 9.88. The van der Waals surface area contributed by atoms with E-state index in [1.165, 1.54) is 0 Å². The van der Waals surface area contributed by atoms with Gasteiger partial charge in [0.1, 0.15) is 5.72 Å². The maximum absolute atomic E-state index is 9.22. The third kappa shape index (κ3) is 6.01. The van der Waals surface area contributed by atoms with Crippen molar-refractivity contribution in [3.05, 3.63) is 0 Å². The standard InChI is InChI=1S/C7H18N2O/c1-6(8-4)5-9-7(2,3)10/h6,8-10H,5H2,1-4H3. The van der Waals surface area contributed by atoms with Crippen molar-refractivity contribution in [2.24, 2.45) is 0 Å². The second kappa shape index (κ2) is 3.91. The molecule has 0 amide bonds. The third-order valence-electron chi connectivity index (χ3n) is 1.33. The monoisotopic (exact) mass is 146 g/mol. The van der Waals surface area contributed by atoms with Crippen LogP contribution in [0.25, 0.3) is 0 Å². The van der Waals surface area contributed by atoms with Gasteiger partial charge in [0.15, 0.2) is 0 Å². The summed E-state index contributed by atoms with van der Waals surface area (Å²) < 4.78 is 0. The van der Waals surface area contributed by atoms with E-state index in [4.69, 9.17) is 0 Å². The van der Waals surface area contributed by atoms with Crippen molar-refractivity contribution in [2.45, 2.75) is 32.5 Å². The van der Waals surface area contributed by atoms with Crippen molar-refractivity contribution >= 4 is 0 Å². The molecule has 0 fully saturated rings. The Kier molecular flexibility index (Phi) is 3.86. The van der Waals surface area contributed by atoms with Gasteiger partial charge in [-0.3, -0.25) is 5.32 Å². The van der Waals surface area contributed by atoms with Crippen LogP contribution in [-0.4, -0.2) is 30.5 Å². The quantitative estimate of drug-likeness (QED) is 0.486. The van der Waals surface area contributed by atoms with Crippen molar-refractivity contribution in [1.29, 1.82) is 0 Å². The van der Waals surface area contributed by atoms with E-state index in [9.17, 15) is 5.11 Å². The molecule has 3 nitrogen and oxygen atoms in total. The van der Waals surface area contributed by atoms with Gasteiger partial charge in [-0.2, -0.15) is 0 Å². The molecular formula is C7H18N2O. The number of aliphatic hydroxyl groups is 1. The Morgan fingerprint density at radius 1 is 1.50 bits per heavy atom. The molecule has 0 aromatic heterocycles. The number of likely N-dealkylation sites (N-methyl/N-ethyl adjacent to an activating group) is 1. The summed E-state index contributed by atoms with van der Waals surface area (Å²) in [4.78, 5) is 0. The van der Waals surface area contributed by atoms with Gasteiger partial charge in [-0.1, -0.05) is 0 Å². The lowest BCUT2D eigenvalue weighted by Crippen LogP contribution is -2.45. The lowest BCUT2D eigenvalue weighted by atomic mass is 10.2.